The summed E-state index contributed by atoms with van der Waals surface area (Å²) >= 11 is 0. The lowest BCUT2D eigenvalue weighted by atomic mass is 10.1. The highest BCUT2D eigenvalue weighted by atomic mass is 19.1. The molecule has 0 heterocycles. The highest BCUT2D eigenvalue weighted by Gasteiger charge is 2.26. The van der Waals surface area contributed by atoms with Gasteiger partial charge in [-0.2, -0.15) is 0 Å². The molecule has 2 aromatic carbocycles. The van der Waals surface area contributed by atoms with Crippen LogP contribution in [0.4, 0.5) is 4.39 Å². The summed E-state index contributed by atoms with van der Waals surface area (Å²) in [5, 5.41) is 2.81. The Balaban J connectivity index is 2.10. The Kier molecular flexibility index (Phi) is 7.99. The minimum atomic E-state index is -0.675. The van der Waals surface area contributed by atoms with Crippen molar-refractivity contribution in [2.45, 2.75) is 39.8 Å². The van der Waals surface area contributed by atoms with Crippen LogP contribution < -0.4 is 10.1 Å². The first kappa shape index (κ1) is 21.4. The molecule has 150 valence electrons. The zero-order valence-corrected chi connectivity index (χ0v) is 16.6. The number of ether oxygens (including phenoxy) is 1. The fraction of sp³-hybridized carbons (Fsp3) is 0.364. The summed E-state index contributed by atoms with van der Waals surface area (Å²) in [7, 11) is 0. The molecule has 5 nitrogen and oxygen atoms in total. The summed E-state index contributed by atoms with van der Waals surface area (Å²) in [6.45, 7) is 6.16. The van der Waals surface area contributed by atoms with Crippen molar-refractivity contribution >= 4 is 11.8 Å². The predicted octanol–water partition coefficient (Wildman–Crippen LogP) is 3.46. The van der Waals surface area contributed by atoms with Crippen LogP contribution in [0.25, 0.3) is 0 Å². The minimum absolute atomic E-state index is 0.185. The van der Waals surface area contributed by atoms with Crippen LogP contribution in [0.3, 0.4) is 0 Å². The van der Waals surface area contributed by atoms with Gasteiger partial charge < -0.3 is 15.0 Å². The van der Waals surface area contributed by atoms with Crippen LogP contribution >= 0.6 is 0 Å². The predicted molar refractivity (Wildman–Crippen MR) is 106 cm³/mol. The number of hydrogen-bond acceptors (Lipinski definition) is 3. The smallest absolute Gasteiger partial charge is 0.261 e. The maximum absolute atomic E-state index is 13.2. The van der Waals surface area contributed by atoms with Gasteiger partial charge in [0.2, 0.25) is 5.91 Å². The molecule has 2 aromatic rings. The highest BCUT2D eigenvalue weighted by molar-refractivity contribution is 5.87. The first-order chi connectivity index (χ1) is 13.4. The molecule has 2 rings (SSSR count). The van der Waals surface area contributed by atoms with Gasteiger partial charge in [0.05, 0.1) is 0 Å². The number of halogens is 1. The molecule has 0 spiro atoms. The summed E-state index contributed by atoms with van der Waals surface area (Å²) < 4.78 is 18.8. The lowest BCUT2D eigenvalue weighted by Gasteiger charge is -2.28. The van der Waals surface area contributed by atoms with Gasteiger partial charge in [0.25, 0.3) is 5.91 Å². The number of amides is 2. The van der Waals surface area contributed by atoms with Crippen LogP contribution in [-0.4, -0.2) is 35.9 Å². The fourth-order valence-electron chi connectivity index (χ4n) is 2.63. The van der Waals surface area contributed by atoms with E-state index in [-0.39, 0.29) is 30.8 Å². The van der Waals surface area contributed by atoms with Crippen LogP contribution in [0.15, 0.2) is 48.5 Å². The molecule has 0 aromatic heterocycles. The molecule has 1 N–H and O–H groups in total. The van der Waals surface area contributed by atoms with E-state index in [1.165, 1.54) is 17.0 Å². The number of hydrogen-bond donors (Lipinski definition) is 1. The Bertz CT molecular complexity index is 775. The van der Waals surface area contributed by atoms with Gasteiger partial charge in [-0.15, -0.1) is 0 Å². The summed E-state index contributed by atoms with van der Waals surface area (Å²) in [6.07, 6.45) is 0.806. The van der Waals surface area contributed by atoms with Crippen LogP contribution in [0.2, 0.25) is 0 Å². The summed E-state index contributed by atoms with van der Waals surface area (Å²) in [5.41, 5.74) is 1.83. The molecule has 0 aliphatic heterocycles. The van der Waals surface area contributed by atoms with E-state index < -0.39 is 6.04 Å². The molecule has 0 bridgehead atoms. The van der Waals surface area contributed by atoms with E-state index in [9.17, 15) is 14.0 Å². The summed E-state index contributed by atoms with van der Waals surface area (Å²) in [4.78, 5) is 26.7. The number of aryl methyl sites for hydroxylation is 1. The molecule has 0 unspecified atom stereocenters. The topological polar surface area (TPSA) is 58.6 Å². The van der Waals surface area contributed by atoms with Crippen LogP contribution in [0, 0.1) is 12.7 Å². The molecule has 0 aliphatic rings. The van der Waals surface area contributed by atoms with Gasteiger partial charge in [-0.05, 0) is 50.1 Å². The van der Waals surface area contributed by atoms with Crippen molar-refractivity contribution in [1.29, 1.82) is 0 Å². The molecule has 2 amide bonds. The Labute approximate surface area is 165 Å². The third kappa shape index (κ3) is 6.37. The first-order valence-corrected chi connectivity index (χ1v) is 9.41. The lowest BCUT2D eigenvalue weighted by molar-refractivity contribution is -0.142. The largest absolute Gasteiger partial charge is 0.484 e. The fourth-order valence-corrected chi connectivity index (χ4v) is 2.63. The van der Waals surface area contributed by atoms with E-state index in [1.807, 2.05) is 26.0 Å². The highest BCUT2D eigenvalue weighted by Crippen LogP contribution is 2.14. The van der Waals surface area contributed by atoms with E-state index in [4.69, 9.17) is 4.74 Å². The van der Waals surface area contributed by atoms with Gasteiger partial charge >= 0.3 is 0 Å². The summed E-state index contributed by atoms with van der Waals surface area (Å²) in [6, 6.07) is 12.6. The van der Waals surface area contributed by atoms with Crippen molar-refractivity contribution in [3.05, 3.63) is 65.5 Å². The molecular formula is C22H27FN2O3. The van der Waals surface area contributed by atoms with Gasteiger partial charge in [0.15, 0.2) is 6.61 Å². The van der Waals surface area contributed by atoms with Crippen LogP contribution in [0.5, 0.6) is 5.75 Å². The number of rotatable bonds is 9. The molecule has 0 aliphatic carbocycles. The van der Waals surface area contributed by atoms with Gasteiger partial charge in [0.1, 0.15) is 17.6 Å². The van der Waals surface area contributed by atoms with Crippen molar-refractivity contribution in [3.63, 3.8) is 0 Å². The van der Waals surface area contributed by atoms with E-state index in [2.05, 4.69) is 5.32 Å². The maximum Gasteiger partial charge on any atom is 0.261 e. The van der Waals surface area contributed by atoms with Gasteiger partial charge in [-0.1, -0.05) is 36.8 Å². The third-order valence-corrected chi connectivity index (χ3v) is 4.37. The van der Waals surface area contributed by atoms with Crippen LogP contribution in [-0.2, 0) is 16.1 Å². The van der Waals surface area contributed by atoms with Crippen molar-refractivity contribution in [2.75, 3.05) is 13.2 Å². The van der Waals surface area contributed by atoms with Crippen molar-refractivity contribution in [1.82, 2.24) is 10.2 Å². The van der Waals surface area contributed by atoms with Gasteiger partial charge in [-0.3, -0.25) is 9.59 Å². The molecule has 0 saturated heterocycles. The lowest BCUT2D eigenvalue weighted by Crippen LogP contribution is -2.49. The average molecular weight is 386 g/mol. The molecule has 0 radical (unpaired) electrons. The van der Waals surface area contributed by atoms with Gasteiger partial charge in [-0.25, -0.2) is 4.39 Å². The Morgan fingerprint density at radius 1 is 1.11 bits per heavy atom. The second kappa shape index (κ2) is 10.4. The Hall–Kier alpha value is -2.89. The quantitative estimate of drug-likeness (QED) is 0.718. The first-order valence-electron chi connectivity index (χ1n) is 9.41. The molecule has 6 heteroatoms. The van der Waals surface area contributed by atoms with Crippen molar-refractivity contribution < 1.29 is 18.7 Å². The standard InChI is InChI=1S/C22H27FN2O3/c1-4-13-24-22(27)17(3)25(14-18-7-9-19(23)10-8-18)21(26)15-28-20-11-5-16(2)6-12-20/h5-12,17H,4,13-15H2,1-3H3,(H,24,27)/t17-/m0/s1. The molecule has 0 fully saturated rings. The zero-order valence-electron chi connectivity index (χ0n) is 16.6. The normalized spacial score (nSPS) is 11.6. The van der Waals surface area contributed by atoms with E-state index >= 15 is 0 Å². The minimum Gasteiger partial charge on any atom is -0.484 e. The van der Waals surface area contributed by atoms with E-state index in [1.54, 1.807) is 31.2 Å². The molecule has 0 saturated carbocycles. The second-order valence-corrected chi connectivity index (χ2v) is 6.72. The molecule has 1 atom stereocenters. The zero-order chi connectivity index (χ0) is 20.5. The number of nitrogens with zero attached hydrogens (tertiary/aromatic N) is 1. The third-order valence-electron chi connectivity index (χ3n) is 4.37. The Morgan fingerprint density at radius 2 is 1.75 bits per heavy atom. The number of carbonyl (C=O) groups is 2. The summed E-state index contributed by atoms with van der Waals surface area (Å²) in [5.74, 6) is -0.307. The second-order valence-electron chi connectivity index (χ2n) is 6.72. The van der Waals surface area contributed by atoms with Crippen molar-refractivity contribution in [2.24, 2.45) is 0 Å². The number of nitrogens with one attached hydrogen (secondary N) is 1. The maximum atomic E-state index is 13.2. The van der Waals surface area contributed by atoms with Crippen molar-refractivity contribution in [3.8, 4) is 5.75 Å². The Morgan fingerprint density at radius 3 is 2.36 bits per heavy atom. The number of carbonyl (C=O) groups excluding carboxylic acids is 2. The SMILES string of the molecule is CCCNC(=O)[C@H](C)N(Cc1ccc(F)cc1)C(=O)COc1ccc(C)cc1. The van der Waals surface area contributed by atoms with E-state index in [0.717, 1.165) is 17.5 Å². The van der Waals surface area contributed by atoms with E-state index in [0.29, 0.717) is 12.3 Å². The van der Waals surface area contributed by atoms with Crippen LogP contribution in [0.1, 0.15) is 31.4 Å². The monoisotopic (exact) mass is 386 g/mol. The van der Waals surface area contributed by atoms with Gasteiger partial charge in [0, 0.05) is 13.1 Å². The molecular weight excluding hydrogens is 359 g/mol. The number of benzene rings is 2. The average Bonchev–Trinajstić information content (AvgIpc) is 2.70. The molecule has 28 heavy (non-hydrogen) atoms.